The molecule has 1 aliphatic rings. The van der Waals surface area contributed by atoms with Gasteiger partial charge in [-0.15, -0.1) is 0 Å². The second-order valence-corrected chi connectivity index (χ2v) is 8.20. The Labute approximate surface area is 178 Å². The fourth-order valence-corrected chi connectivity index (χ4v) is 4.77. The molecule has 1 aliphatic heterocycles. The topological polar surface area (TPSA) is 35.2 Å². The average Bonchev–Trinajstić information content (AvgIpc) is 3.12. The Hall–Kier alpha value is -2.95. The van der Waals surface area contributed by atoms with E-state index in [1.165, 1.54) is 33.3 Å². The van der Waals surface area contributed by atoms with E-state index in [9.17, 15) is 0 Å². The molecule has 4 nitrogen and oxygen atoms in total. The Morgan fingerprint density at radius 3 is 2.43 bits per heavy atom. The average molecular weight is 397 g/mol. The van der Waals surface area contributed by atoms with Gasteiger partial charge in [0.25, 0.3) is 0 Å². The second-order valence-electron chi connectivity index (χ2n) is 8.20. The van der Waals surface area contributed by atoms with Gasteiger partial charge in [-0.2, -0.15) is 0 Å². The molecule has 0 bridgehead atoms. The molecule has 2 aromatic heterocycles. The molecule has 4 aromatic rings. The summed E-state index contributed by atoms with van der Waals surface area (Å²) < 4.78 is 0. The summed E-state index contributed by atoms with van der Waals surface area (Å²) in [7, 11) is 0. The number of fused-ring (bicyclic) bond motifs is 1. The molecule has 152 valence electrons. The minimum Gasteiger partial charge on any atom is -0.358 e. The first kappa shape index (κ1) is 19.0. The van der Waals surface area contributed by atoms with Crippen molar-refractivity contribution in [3.05, 3.63) is 102 Å². The summed E-state index contributed by atoms with van der Waals surface area (Å²) in [5.41, 5.74) is 6.50. The lowest BCUT2D eigenvalue weighted by atomic mass is 9.95. The van der Waals surface area contributed by atoms with Crippen LogP contribution in [-0.2, 0) is 6.54 Å². The van der Waals surface area contributed by atoms with Gasteiger partial charge in [-0.25, -0.2) is 0 Å². The summed E-state index contributed by atoms with van der Waals surface area (Å²) in [5.74, 6) is 0. The van der Waals surface area contributed by atoms with Crippen LogP contribution in [0.15, 0.2) is 79.1 Å². The van der Waals surface area contributed by atoms with E-state index in [1.807, 2.05) is 12.4 Å². The van der Waals surface area contributed by atoms with Gasteiger partial charge >= 0.3 is 0 Å². The third-order valence-corrected chi connectivity index (χ3v) is 6.24. The molecule has 30 heavy (non-hydrogen) atoms. The lowest BCUT2D eigenvalue weighted by Gasteiger charge is -2.39. The van der Waals surface area contributed by atoms with Crippen LogP contribution in [0.3, 0.4) is 0 Å². The van der Waals surface area contributed by atoms with Crippen LogP contribution in [0.5, 0.6) is 0 Å². The van der Waals surface area contributed by atoms with Crippen molar-refractivity contribution in [3.63, 3.8) is 0 Å². The lowest BCUT2D eigenvalue weighted by molar-refractivity contribution is 0.105. The number of H-pyrrole nitrogens is 1. The first-order valence-electron chi connectivity index (χ1n) is 10.8. The molecule has 1 N–H and O–H groups in total. The molecule has 1 saturated heterocycles. The van der Waals surface area contributed by atoms with E-state index < -0.39 is 0 Å². The van der Waals surface area contributed by atoms with E-state index in [0.717, 1.165) is 32.7 Å². The van der Waals surface area contributed by atoms with Gasteiger partial charge in [0, 0.05) is 67.3 Å². The fourth-order valence-electron chi connectivity index (χ4n) is 4.77. The van der Waals surface area contributed by atoms with Crippen LogP contribution in [0, 0.1) is 6.92 Å². The van der Waals surface area contributed by atoms with Gasteiger partial charge in [0.1, 0.15) is 0 Å². The number of para-hydroxylation sites is 1. The molecule has 0 spiro atoms. The smallest absolute Gasteiger partial charge is 0.0641 e. The number of aromatic amines is 1. The van der Waals surface area contributed by atoms with Crippen LogP contribution in [0.2, 0.25) is 0 Å². The van der Waals surface area contributed by atoms with Crippen molar-refractivity contribution < 1.29 is 0 Å². The Morgan fingerprint density at radius 2 is 1.67 bits per heavy atom. The summed E-state index contributed by atoms with van der Waals surface area (Å²) in [6, 6.07) is 23.9. The van der Waals surface area contributed by atoms with Crippen LogP contribution in [0.1, 0.15) is 28.4 Å². The quantitative estimate of drug-likeness (QED) is 0.527. The summed E-state index contributed by atoms with van der Waals surface area (Å²) in [6.45, 7) is 7.47. The van der Waals surface area contributed by atoms with Crippen molar-refractivity contribution in [1.82, 2.24) is 19.8 Å². The van der Waals surface area contributed by atoms with Crippen LogP contribution >= 0.6 is 0 Å². The molecule has 4 heteroatoms. The molecule has 0 unspecified atom stereocenters. The van der Waals surface area contributed by atoms with Crippen LogP contribution in [0.25, 0.3) is 10.9 Å². The van der Waals surface area contributed by atoms with E-state index in [4.69, 9.17) is 0 Å². The number of rotatable bonds is 5. The van der Waals surface area contributed by atoms with Crippen LogP contribution < -0.4 is 0 Å². The van der Waals surface area contributed by atoms with E-state index in [2.05, 4.69) is 93.4 Å². The number of aromatic nitrogens is 2. The number of benzene rings is 2. The predicted molar refractivity (Wildman–Crippen MR) is 122 cm³/mol. The first-order valence-corrected chi connectivity index (χ1v) is 10.8. The zero-order valence-electron chi connectivity index (χ0n) is 17.5. The van der Waals surface area contributed by atoms with Gasteiger partial charge in [0.2, 0.25) is 0 Å². The fraction of sp³-hybridized carbons (Fsp3) is 0.269. The Bertz CT molecular complexity index is 1100. The maximum atomic E-state index is 4.44. The number of piperazine rings is 1. The molecule has 3 heterocycles. The number of hydrogen-bond acceptors (Lipinski definition) is 3. The summed E-state index contributed by atoms with van der Waals surface area (Å²) in [4.78, 5) is 13.2. The Kier molecular flexibility index (Phi) is 5.35. The molecule has 0 radical (unpaired) electrons. The van der Waals surface area contributed by atoms with Crippen molar-refractivity contribution in [3.8, 4) is 0 Å². The molecular formula is C26H28N4. The van der Waals surface area contributed by atoms with Gasteiger partial charge in [0.15, 0.2) is 0 Å². The van der Waals surface area contributed by atoms with Crippen LogP contribution in [0.4, 0.5) is 0 Å². The van der Waals surface area contributed by atoms with Gasteiger partial charge < -0.3 is 4.98 Å². The zero-order chi connectivity index (χ0) is 20.3. The minimum atomic E-state index is 0.216. The molecule has 1 fully saturated rings. The molecule has 2 aromatic carbocycles. The van der Waals surface area contributed by atoms with Gasteiger partial charge in [-0.3, -0.25) is 14.8 Å². The number of nitrogens with one attached hydrogen (secondary N) is 1. The normalized spacial score (nSPS) is 16.7. The molecule has 0 saturated carbocycles. The number of hydrogen-bond donors (Lipinski definition) is 1. The summed E-state index contributed by atoms with van der Waals surface area (Å²) in [6.07, 6.45) is 3.89. The van der Waals surface area contributed by atoms with Crippen molar-refractivity contribution >= 4 is 10.9 Å². The molecule has 1 atom stereocenters. The highest BCUT2D eigenvalue weighted by Crippen LogP contribution is 2.36. The number of nitrogens with zero attached hydrogens (tertiary/aromatic N) is 3. The number of aryl methyl sites for hydroxylation is 1. The number of pyridine rings is 1. The van der Waals surface area contributed by atoms with Gasteiger partial charge in [-0.1, -0.05) is 54.6 Å². The van der Waals surface area contributed by atoms with Gasteiger partial charge in [-0.05, 0) is 30.2 Å². The molecule has 0 amide bonds. The summed E-state index contributed by atoms with van der Waals surface area (Å²) in [5, 5.41) is 1.32. The van der Waals surface area contributed by atoms with Crippen molar-refractivity contribution in [2.45, 2.75) is 19.5 Å². The first-order chi connectivity index (χ1) is 14.8. The van der Waals surface area contributed by atoms with Crippen LogP contribution in [-0.4, -0.2) is 45.9 Å². The van der Waals surface area contributed by atoms with E-state index in [1.54, 1.807) is 0 Å². The zero-order valence-corrected chi connectivity index (χ0v) is 17.5. The SMILES string of the molecule is Cc1[nH]c2ccccc2c1[C@@H](c1cccnc1)N1CCN(Cc2ccccc2)CC1. The van der Waals surface area contributed by atoms with E-state index in [-0.39, 0.29) is 6.04 Å². The molecule has 5 rings (SSSR count). The second kappa shape index (κ2) is 8.42. The van der Waals surface area contributed by atoms with Gasteiger partial charge in [0.05, 0.1) is 6.04 Å². The van der Waals surface area contributed by atoms with E-state index >= 15 is 0 Å². The lowest BCUT2D eigenvalue weighted by Crippen LogP contribution is -2.47. The maximum Gasteiger partial charge on any atom is 0.0641 e. The Balaban J connectivity index is 1.43. The minimum absolute atomic E-state index is 0.216. The summed E-state index contributed by atoms with van der Waals surface area (Å²) >= 11 is 0. The highest BCUT2D eigenvalue weighted by Gasteiger charge is 2.29. The highest BCUT2D eigenvalue weighted by molar-refractivity contribution is 5.85. The third-order valence-electron chi connectivity index (χ3n) is 6.24. The molecular weight excluding hydrogens is 368 g/mol. The third kappa shape index (κ3) is 3.76. The standard InChI is InChI=1S/C26H28N4/c1-20-25(23-11-5-6-12-24(23)28-20)26(22-10-7-13-27-18-22)30-16-14-29(15-17-30)19-21-8-3-2-4-9-21/h2-13,18,26,28H,14-17,19H2,1H3/t26-/m1/s1. The van der Waals surface area contributed by atoms with Crippen molar-refractivity contribution in [2.75, 3.05) is 26.2 Å². The maximum absolute atomic E-state index is 4.44. The monoisotopic (exact) mass is 396 g/mol. The van der Waals surface area contributed by atoms with E-state index in [0.29, 0.717) is 0 Å². The molecule has 0 aliphatic carbocycles. The predicted octanol–water partition coefficient (Wildman–Crippen LogP) is 4.78. The Morgan fingerprint density at radius 1 is 0.900 bits per heavy atom. The van der Waals surface area contributed by atoms with Crippen molar-refractivity contribution in [1.29, 1.82) is 0 Å². The van der Waals surface area contributed by atoms with Crippen molar-refractivity contribution in [2.24, 2.45) is 0 Å². The largest absolute Gasteiger partial charge is 0.358 e. The highest BCUT2D eigenvalue weighted by atomic mass is 15.3.